The average Bonchev–Trinajstić information content (AvgIpc) is 2.83. The minimum atomic E-state index is -0.682. The van der Waals surface area contributed by atoms with Gasteiger partial charge in [-0.3, -0.25) is 4.90 Å². The minimum Gasteiger partial charge on any atom is -0.462 e. The number of amides is 4. The second-order valence-electron chi connectivity index (χ2n) is 8.83. The van der Waals surface area contributed by atoms with Crippen LogP contribution in [0, 0.1) is 5.92 Å². The summed E-state index contributed by atoms with van der Waals surface area (Å²) < 4.78 is 5.52. The zero-order valence-corrected chi connectivity index (χ0v) is 22.2. The quantitative estimate of drug-likeness (QED) is 0.334. The maximum absolute atomic E-state index is 13.0. The summed E-state index contributed by atoms with van der Waals surface area (Å²) in [6.07, 6.45) is 0.743. The Balaban J connectivity index is 1.80. The predicted molar refractivity (Wildman–Crippen MR) is 142 cm³/mol. The normalized spacial score (nSPS) is 15.6. The van der Waals surface area contributed by atoms with Gasteiger partial charge in [0.2, 0.25) is 0 Å². The molecule has 0 radical (unpaired) electrons. The lowest BCUT2D eigenvalue weighted by Gasteiger charge is -2.35. The fourth-order valence-corrected chi connectivity index (χ4v) is 4.10. The SMILES string of the molecule is CCCN1C(=O)NC(c2ccc(NC(=O)Nc3cccc(Cl)c3Cl)cc2)C(C(=O)OCC(C)C)=C1C. The molecule has 1 aliphatic heterocycles. The molecule has 1 heterocycles. The van der Waals surface area contributed by atoms with E-state index < -0.39 is 18.0 Å². The van der Waals surface area contributed by atoms with Crippen LogP contribution < -0.4 is 16.0 Å². The highest BCUT2D eigenvalue weighted by molar-refractivity contribution is 6.44. The van der Waals surface area contributed by atoms with Crippen LogP contribution >= 0.6 is 23.2 Å². The van der Waals surface area contributed by atoms with Gasteiger partial charge in [0.15, 0.2) is 0 Å². The first-order valence-electron chi connectivity index (χ1n) is 11.7. The highest BCUT2D eigenvalue weighted by atomic mass is 35.5. The van der Waals surface area contributed by atoms with Gasteiger partial charge in [-0.25, -0.2) is 14.4 Å². The summed E-state index contributed by atoms with van der Waals surface area (Å²) in [7, 11) is 0. The minimum absolute atomic E-state index is 0.177. The number of nitrogens with one attached hydrogen (secondary N) is 3. The van der Waals surface area contributed by atoms with Crippen LogP contribution in [0.1, 0.15) is 45.7 Å². The number of allylic oxidation sites excluding steroid dienone is 1. The van der Waals surface area contributed by atoms with Gasteiger partial charge in [0.25, 0.3) is 0 Å². The van der Waals surface area contributed by atoms with Gasteiger partial charge in [0.05, 0.1) is 34.0 Å². The summed E-state index contributed by atoms with van der Waals surface area (Å²) in [4.78, 5) is 39.8. The molecule has 0 spiro atoms. The van der Waals surface area contributed by atoms with E-state index in [9.17, 15) is 14.4 Å². The van der Waals surface area contributed by atoms with E-state index in [-0.39, 0.29) is 23.6 Å². The van der Waals surface area contributed by atoms with Crippen molar-refractivity contribution in [3.05, 3.63) is 69.3 Å². The van der Waals surface area contributed by atoms with E-state index in [1.54, 1.807) is 54.3 Å². The van der Waals surface area contributed by atoms with Crippen molar-refractivity contribution >= 4 is 52.6 Å². The second kappa shape index (κ2) is 12.1. The van der Waals surface area contributed by atoms with Crippen LogP contribution in [-0.4, -0.2) is 36.1 Å². The highest BCUT2D eigenvalue weighted by Crippen LogP contribution is 2.33. The van der Waals surface area contributed by atoms with Crippen molar-refractivity contribution in [3.8, 4) is 0 Å². The maximum atomic E-state index is 13.0. The Hall–Kier alpha value is -3.23. The largest absolute Gasteiger partial charge is 0.462 e. The Morgan fingerprint density at radius 3 is 2.44 bits per heavy atom. The lowest BCUT2D eigenvalue weighted by molar-refractivity contribution is -0.140. The first-order valence-corrected chi connectivity index (χ1v) is 12.5. The molecule has 3 rings (SSSR count). The number of rotatable bonds is 8. The molecule has 2 aromatic rings. The van der Waals surface area contributed by atoms with Crippen molar-refractivity contribution in [2.24, 2.45) is 5.92 Å². The van der Waals surface area contributed by atoms with Gasteiger partial charge in [-0.05, 0) is 49.1 Å². The fraction of sp³-hybridized carbons (Fsp3) is 0.346. The molecular weight excluding hydrogens is 503 g/mol. The van der Waals surface area contributed by atoms with E-state index >= 15 is 0 Å². The smallest absolute Gasteiger partial charge is 0.338 e. The van der Waals surface area contributed by atoms with Crippen molar-refractivity contribution in [2.75, 3.05) is 23.8 Å². The van der Waals surface area contributed by atoms with Gasteiger partial charge in [0.1, 0.15) is 0 Å². The van der Waals surface area contributed by atoms with Crippen LogP contribution in [0.15, 0.2) is 53.7 Å². The van der Waals surface area contributed by atoms with Crippen molar-refractivity contribution in [2.45, 2.75) is 40.2 Å². The fourth-order valence-electron chi connectivity index (χ4n) is 3.75. The Morgan fingerprint density at radius 1 is 1.11 bits per heavy atom. The number of benzene rings is 2. The first kappa shape index (κ1) is 27.4. The van der Waals surface area contributed by atoms with E-state index in [0.29, 0.717) is 39.8 Å². The first-order chi connectivity index (χ1) is 17.1. The summed E-state index contributed by atoms with van der Waals surface area (Å²) >= 11 is 12.1. The van der Waals surface area contributed by atoms with Crippen molar-refractivity contribution in [3.63, 3.8) is 0 Å². The monoisotopic (exact) mass is 532 g/mol. The lowest BCUT2D eigenvalue weighted by atomic mass is 9.94. The molecule has 0 fully saturated rings. The highest BCUT2D eigenvalue weighted by Gasteiger charge is 2.36. The third-order valence-electron chi connectivity index (χ3n) is 5.51. The number of urea groups is 2. The maximum Gasteiger partial charge on any atom is 0.338 e. The third-order valence-corrected chi connectivity index (χ3v) is 6.33. The number of nitrogens with zero attached hydrogens (tertiary/aromatic N) is 1. The topological polar surface area (TPSA) is 99.8 Å². The number of halogens is 2. The predicted octanol–water partition coefficient (Wildman–Crippen LogP) is 6.59. The number of hydrogen-bond acceptors (Lipinski definition) is 4. The Kier molecular flexibility index (Phi) is 9.23. The molecule has 3 N–H and O–H groups in total. The average molecular weight is 533 g/mol. The molecule has 0 bridgehead atoms. The zero-order valence-electron chi connectivity index (χ0n) is 20.7. The number of esters is 1. The van der Waals surface area contributed by atoms with Gasteiger partial charge >= 0.3 is 18.0 Å². The van der Waals surface area contributed by atoms with Crippen LogP contribution in [0.2, 0.25) is 10.0 Å². The molecule has 192 valence electrons. The number of carbonyl (C=O) groups is 3. The molecule has 0 aliphatic carbocycles. The summed E-state index contributed by atoms with van der Waals surface area (Å²) in [5, 5.41) is 8.87. The van der Waals surface area contributed by atoms with Crippen LogP contribution in [0.25, 0.3) is 0 Å². The number of hydrogen-bond donors (Lipinski definition) is 3. The number of carbonyl (C=O) groups excluding carboxylic acids is 3. The van der Waals surface area contributed by atoms with Crippen LogP contribution in [0.3, 0.4) is 0 Å². The molecule has 1 unspecified atom stereocenters. The number of ether oxygens (including phenoxy) is 1. The van der Waals surface area contributed by atoms with E-state index in [2.05, 4.69) is 16.0 Å². The van der Waals surface area contributed by atoms with E-state index in [1.807, 2.05) is 20.8 Å². The van der Waals surface area contributed by atoms with Gasteiger partial charge in [-0.15, -0.1) is 0 Å². The Labute approximate surface area is 221 Å². The third kappa shape index (κ3) is 6.50. The lowest BCUT2D eigenvalue weighted by Crippen LogP contribution is -2.48. The Bertz CT molecular complexity index is 1170. The summed E-state index contributed by atoms with van der Waals surface area (Å²) in [5.41, 5.74) is 2.52. The standard InChI is InChI=1S/C26H30Cl2N4O4/c1-5-13-32-16(4)21(24(33)36-14-15(2)3)23(31-26(32)35)17-9-11-18(12-10-17)29-25(34)30-20-8-6-7-19(27)22(20)28/h6-12,15,23H,5,13-14H2,1-4H3,(H,31,35)(H2,29,30,34). The van der Waals surface area contributed by atoms with Crippen molar-refractivity contribution in [1.82, 2.24) is 10.2 Å². The summed E-state index contributed by atoms with van der Waals surface area (Å²) in [6.45, 7) is 8.40. The molecule has 4 amide bonds. The van der Waals surface area contributed by atoms with E-state index in [4.69, 9.17) is 27.9 Å². The zero-order chi connectivity index (χ0) is 26.4. The molecule has 10 heteroatoms. The van der Waals surface area contributed by atoms with Crippen LogP contribution in [0.5, 0.6) is 0 Å². The van der Waals surface area contributed by atoms with E-state index in [1.165, 1.54) is 0 Å². The van der Waals surface area contributed by atoms with Crippen molar-refractivity contribution < 1.29 is 19.1 Å². The van der Waals surface area contributed by atoms with Gasteiger partial charge in [-0.2, -0.15) is 0 Å². The van der Waals surface area contributed by atoms with Gasteiger partial charge < -0.3 is 20.7 Å². The molecule has 0 aromatic heterocycles. The molecule has 8 nitrogen and oxygen atoms in total. The van der Waals surface area contributed by atoms with Crippen molar-refractivity contribution in [1.29, 1.82) is 0 Å². The second-order valence-corrected chi connectivity index (χ2v) is 9.61. The molecular formula is C26H30Cl2N4O4. The molecule has 1 atom stereocenters. The molecule has 36 heavy (non-hydrogen) atoms. The molecule has 0 saturated heterocycles. The van der Waals surface area contributed by atoms with Crippen LogP contribution in [-0.2, 0) is 9.53 Å². The van der Waals surface area contributed by atoms with Crippen LogP contribution in [0.4, 0.5) is 21.0 Å². The van der Waals surface area contributed by atoms with Gasteiger partial charge in [-0.1, -0.05) is 62.2 Å². The van der Waals surface area contributed by atoms with E-state index in [0.717, 1.165) is 6.42 Å². The molecule has 1 aliphatic rings. The number of anilines is 2. The summed E-state index contributed by atoms with van der Waals surface area (Å²) in [6, 6.07) is 10.3. The van der Waals surface area contributed by atoms with Gasteiger partial charge in [0, 0.05) is 17.9 Å². The molecule has 0 saturated carbocycles. The molecule has 2 aromatic carbocycles. The Morgan fingerprint density at radius 2 is 1.81 bits per heavy atom. The summed E-state index contributed by atoms with van der Waals surface area (Å²) in [5.74, 6) is -0.288.